The van der Waals surface area contributed by atoms with Gasteiger partial charge in [0, 0.05) is 13.1 Å². The third-order valence-electron chi connectivity index (χ3n) is 4.18. The molecule has 0 spiro atoms. The van der Waals surface area contributed by atoms with E-state index >= 15 is 0 Å². The van der Waals surface area contributed by atoms with Crippen molar-refractivity contribution in [2.75, 3.05) is 12.4 Å². The van der Waals surface area contributed by atoms with Gasteiger partial charge < -0.3 is 10.6 Å². The number of carbonyl (C=O) groups is 1. The van der Waals surface area contributed by atoms with E-state index in [4.69, 9.17) is 0 Å². The minimum absolute atomic E-state index is 0.0730. The summed E-state index contributed by atoms with van der Waals surface area (Å²) < 4.78 is 0. The van der Waals surface area contributed by atoms with Crippen molar-refractivity contribution in [3.05, 3.63) is 24.0 Å². The third kappa shape index (κ3) is 4.19. The van der Waals surface area contributed by atoms with Crippen LogP contribution < -0.4 is 10.6 Å². The molecule has 1 aliphatic rings. The number of amides is 1. The molecule has 116 valence electrons. The zero-order chi connectivity index (χ0) is 15.7. The Hall–Kier alpha value is -1.58. The number of nitrogens with one attached hydrogen (secondary N) is 2. The first-order valence-electron chi connectivity index (χ1n) is 7.65. The number of hydrogen-bond acceptors (Lipinski definition) is 3. The van der Waals surface area contributed by atoms with E-state index in [0.29, 0.717) is 5.69 Å². The molecule has 0 radical (unpaired) electrons. The SMILES string of the molecule is CNc1ccc(C(=O)NC2CC(C)(C)CC(C)(C)C2)nc1. The first-order valence-corrected chi connectivity index (χ1v) is 7.65. The summed E-state index contributed by atoms with van der Waals surface area (Å²) in [6.45, 7) is 9.14. The van der Waals surface area contributed by atoms with Crippen molar-refractivity contribution in [2.45, 2.75) is 53.0 Å². The van der Waals surface area contributed by atoms with E-state index in [9.17, 15) is 4.79 Å². The zero-order valence-electron chi connectivity index (χ0n) is 13.8. The number of carbonyl (C=O) groups excluding carboxylic acids is 1. The van der Waals surface area contributed by atoms with Gasteiger partial charge in [-0.15, -0.1) is 0 Å². The Morgan fingerprint density at radius 3 is 2.29 bits per heavy atom. The van der Waals surface area contributed by atoms with Gasteiger partial charge in [-0.2, -0.15) is 0 Å². The lowest BCUT2D eigenvalue weighted by Gasteiger charge is -2.45. The van der Waals surface area contributed by atoms with Crippen molar-refractivity contribution in [3.8, 4) is 0 Å². The molecule has 0 aromatic carbocycles. The fourth-order valence-corrected chi connectivity index (χ4v) is 3.88. The molecule has 2 N–H and O–H groups in total. The van der Waals surface area contributed by atoms with Crippen molar-refractivity contribution < 1.29 is 4.79 Å². The van der Waals surface area contributed by atoms with Crippen molar-refractivity contribution in [1.82, 2.24) is 10.3 Å². The van der Waals surface area contributed by atoms with Gasteiger partial charge in [-0.1, -0.05) is 27.7 Å². The van der Waals surface area contributed by atoms with Crippen LogP contribution in [-0.4, -0.2) is 24.0 Å². The number of pyridine rings is 1. The molecule has 1 saturated carbocycles. The highest BCUT2D eigenvalue weighted by Gasteiger charge is 2.38. The van der Waals surface area contributed by atoms with E-state index in [1.807, 2.05) is 13.1 Å². The molecular weight excluding hydrogens is 262 g/mol. The number of anilines is 1. The van der Waals surface area contributed by atoms with Gasteiger partial charge in [0.25, 0.3) is 5.91 Å². The smallest absolute Gasteiger partial charge is 0.270 e. The second-order valence-corrected chi connectivity index (χ2v) is 7.77. The average Bonchev–Trinajstić information content (AvgIpc) is 2.35. The van der Waals surface area contributed by atoms with Crippen LogP contribution in [-0.2, 0) is 0 Å². The summed E-state index contributed by atoms with van der Waals surface area (Å²) in [4.78, 5) is 16.6. The summed E-state index contributed by atoms with van der Waals surface area (Å²) in [7, 11) is 1.84. The normalized spacial score (nSPS) is 20.8. The van der Waals surface area contributed by atoms with Gasteiger partial charge in [-0.3, -0.25) is 4.79 Å². The summed E-state index contributed by atoms with van der Waals surface area (Å²) >= 11 is 0. The Morgan fingerprint density at radius 2 is 1.81 bits per heavy atom. The first kappa shape index (κ1) is 15.8. The van der Waals surface area contributed by atoms with Crippen molar-refractivity contribution in [3.63, 3.8) is 0 Å². The monoisotopic (exact) mass is 289 g/mol. The summed E-state index contributed by atoms with van der Waals surface area (Å²) in [6, 6.07) is 3.86. The molecule has 1 fully saturated rings. The van der Waals surface area contributed by atoms with Gasteiger partial charge in [-0.05, 0) is 42.2 Å². The Balaban J connectivity index is 2.04. The highest BCUT2D eigenvalue weighted by atomic mass is 16.1. The Labute approximate surface area is 127 Å². The molecule has 1 heterocycles. The molecule has 1 amide bonds. The summed E-state index contributed by atoms with van der Waals surface area (Å²) in [5, 5.41) is 6.16. The molecular formula is C17H27N3O. The Kier molecular flexibility index (Phi) is 4.26. The van der Waals surface area contributed by atoms with E-state index in [2.05, 4.69) is 43.3 Å². The van der Waals surface area contributed by atoms with E-state index < -0.39 is 0 Å². The number of nitrogens with zero attached hydrogens (tertiary/aromatic N) is 1. The van der Waals surface area contributed by atoms with Gasteiger partial charge >= 0.3 is 0 Å². The molecule has 4 nitrogen and oxygen atoms in total. The fraction of sp³-hybridized carbons (Fsp3) is 0.647. The predicted molar refractivity (Wildman–Crippen MR) is 86.5 cm³/mol. The molecule has 0 aliphatic heterocycles. The van der Waals surface area contributed by atoms with Crippen LogP contribution >= 0.6 is 0 Å². The maximum Gasteiger partial charge on any atom is 0.270 e. The van der Waals surface area contributed by atoms with E-state index in [1.54, 1.807) is 12.3 Å². The summed E-state index contributed by atoms with van der Waals surface area (Å²) in [5.74, 6) is -0.0730. The van der Waals surface area contributed by atoms with Crippen LogP contribution in [0.4, 0.5) is 5.69 Å². The molecule has 0 saturated heterocycles. The minimum atomic E-state index is -0.0730. The minimum Gasteiger partial charge on any atom is -0.387 e. The van der Waals surface area contributed by atoms with Crippen molar-refractivity contribution in [2.24, 2.45) is 10.8 Å². The Bertz CT molecular complexity index is 489. The molecule has 0 atom stereocenters. The highest BCUT2D eigenvalue weighted by molar-refractivity contribution is 5.92. The van der Waals surface area contributed by atoms with Gasteiger partial charge in [-0.25, -0.2) is 4.98 Å². The van der Waals surface area contributed by atoms with Crippen LogP contribution in [0.1, 0.15) is 57.4 Å². The number of rotatable bonds is 3. The van der Waals surface area contributed by atoms with E-state index in [-0.39, 0.29) is 22.8 Å². The Morgan fingerprint density at radius 1 is 1.19 bits per heavy atom. The fourth-order valence-electron chi connectivity index (χ4n) is 3.88. The third-order valence-corrected chi connectivity index (χ3v) is 4.18. The van der Waals surface area contributed by atoms with Crippen LogP contribution in [0.5, 0.6) is 0 Å². The topological polar surface area (TPSA) is 54.0 Å². The second kappa shape index (κ2) is 5.66. The quantitative estimate of drug-likeness (QED) is 0.896. The largest absolute Gasteiger partial charge is 0.387 e. The molecule has 1 aromatic rings. The highest BCUT2D eigenvalue weighted by Crippen LogP contribution is 2.45. The van der Waals surface area contributed by atoms with Gasteiger partial charge in [0.2, 0.25) is 0 Å². The molecule has 1 aliphatic carbocycles. The molecule has 21 heavy (non-hydrogen) atoms. The molecule has 1 aromatic heterocycles. The first-order chi connectivity index (χ1) is 9.71. The second-order valence-electron chi connectivity index (χ2n) is 7.77. The molecule has 0 unspecified atom stereocenters. The zero-order valence-corrected chi connectivity index (χ0v) is 13.8. The van der Waals surface area contributed by atoms with Crippen LogP contribution in [0, 0.1) is 10.8 Å². The van der Waals surface area contributed by atoms with Gasteiger partial charge in [0.1, 0.15) is 5.69 Å². The standard InChI is InChI=1S/C17H27N3O/c1-16(2)8-13(9-17(3,4)11-16)20-15(21)14-7-6-12(18-5)10-19-14/h6-7,10,13,18H,8-9,11H2,1-5H3,(H,20,21). The van der Waals surface area contributed by atoms with Crippen LogP contribution in [0.3, 0.4) is 0 Å². The van der Waals surface area contributed by atoms with Crippen molar-refractivity contribution in [1.29, 1.82) is 0 Å². The summed E-state index contributed by atoms with van der Waals surface area (Å²) in [5.41, 5.74) is 1.92. The van der Waals surface area contributed by atoms with Crippen LogP contribution in [0.2, 0.25) is 0 Å². The maximum atomic E-state index is 12.3. The predicted octanol–water partition coefficient (Wildman–Crippen LogP) is 3.46. The number of aromatic nitrogens is 1. The lowest BCUT2D eigenvalue weighted by Crippen LogP contribution is -2.46. The average molecular weight is 289 g/mol. The summed E-state index contributed by atoms with van der Waals surface area (Å²) in [6.07, 6.45) is 4.93. The van der Waals surface area contributed by atoms with E-state index in [1.165, 1.54) is 6.42 Å². The lowest BCUT2D eigenvalue weighted by atomic mass is 9.63. The van der Waals surface area contributed by atoms with Gasteiger partial charge in [0.15, 0.2) is 0 Å². The molecule has 0 bridgehead atoms. The molecule has 4 heteroatoms. The number of hydrogen-bond donors (Lipinski definition) is 2. The molecule has 2 rings (SSSR count). The maximum absolute atomic E-state index is 12.3. The van der Waals surface area contributed by atoms with Crippen LogP contribution in [0.15, 0.2) is 18.3 Å². The lowest BCUT2D eigenvalue weighted by molar-refractivity contribution is 0.0710. The van der Waals surface area contributed by atoms with Crippen molar-refractivity contribution >= 4 is 11.6 Å². The van der Waals surface area contributed by atoms with Crippen LogP contribution in [0.25, 0.3) is 0 Å². The van der Waals surface area contributed by atoms with E-state index in [0.717, 1.165) is 18.5 Å². The van der Waals surface area contributed by atoms with Gasteiger partial charge in [0.05, 0.1) is 11.9 Å².